The average molecular weight is 201 g/mol. The molecule has 0 aromatic carbocycles. The van der Waals surface area contributed by atoms with Crippen LogP contribution in [0.4, 0.5) is 0 Å². The highest BCUT2D eigenvalue weighted by atomic mass is 32.2. The number of hydrogen-bond donors (Lipinski definition) is 0. The summed E-state index contributed by atoms with van der Waals surface area (Å²) in [6, 6.07) is 1.78. The maximum Gasteiger partial charge on any atom is 0.274 e. The number of sulfonamides is 1. The van der Waals surface area contributed by atoms with Crippen molar-refractivity contribution in [2.24, 2.45) is 0 Å². The van der Waals surface area contributed by atoms with Crippen LogP contribution in [0.1, 0.15) is 5.56 Å². The summed E-state index contributed by atoms with van der Waals surface area (Å²) >= 11 is 1.24. The van der Waals surface area contributed by atoms with E-state index >= 15 is 0 Å². The van der Waals surface area contributed by atoms with Crippen LogP contribution in [0, 0.1) is 0 Å². The second-order valence-electron chi connectivity index (χ2n) is 2.54. The molecule has 1 aromatic heterocycles. The molecule has 12 heavy (non-hydrogen) atoms. The second-order valence-corrected chi connectivity index (χ2v) is 5.62. The van der Waals surface area contributed by atoms with Crippen molar-refractivity contribution >= 4 is 27.1 Å². The van der Waals surface area contributed by atoms with Crippen LogP contribution in [0.5, 0.6) is 0 Å². The molecule has 5 heteroatoms. The molecule has 1 aliphatic rings. The lowest BCUT2D eigenvalue weighted by molar-refractivity contribution is 0.556. The molecule has 0 saturated heterocycles. The van der Waals surface area contributed by atoms with Gasteiger partial charge in [0.2, 0.25) is 0 Å². The molecule has 1 aliphatic heterocycles. The predicted molar refractivity (Wildman–Crippen MR) is 48.3 cm³/mol. The van der Waals surface area contributed by atoms with Gasteiger partial charge in [-0.25, -0.2) is 8.42 Å². The van der Waals surface area contributed by atoms with E-state index in [2.05, 4.69) is 6.58 Å². The summed E-state index contributed by atoms with van der Waals surface area (Å²) in [5.74, 6) is 0. The molecule has 0 bridgehead atoms. The van der Waals surface area contributed by atoms with Crippen molar-refractivity contribution in [3.05, 3.63) is 23.6 Å². The van der Waals surface area contributed by atoms with Crippen LogP contribution in [0.3, 0.4) is 0 Å². The van der Waals surface area contributed by atoms with Gasteiger partial charge in [0, 0.05) is 12.6 Å². The van der Waals surface area contributed by atoms with Crippen LogP contribution in [-0.2, 0) is 10.0 Å². The largest absolute Gasteiger partial charge is 0.274 e. The molecule has 3 nitrogen and oxygen atoms in total. The summed E-state index contributed by atoms with van der Waals surface area (Å²) in [6.07, 6.45) is 0. The first-order valence-corrected chi connectivity index (χ1v) is 5.63. The fourth-order valence-corrected chi connectivity index (χ4v) is 3.88. The molecule has 0 amide bonds. The number of nitrogens with zero attached hydrogens (tertiary/aromatic N) is 1. The van der Waals surface area contributed by atoms with Gasteiger partial charge in [0.15, 0.2) is 0 Å². The summed E-state index contributed by atoms with van der Waals surface area (Å²) < 4.78 is 24.7. The highest BCUT2D eigenvalue weighted by Gasteiger charge is 2.35. The van der Waals surface area contributed by atoms with Crippen molar-refractivity contribution in [2.75, 3.05) is 7.05 Å². The minimum absolute atomic E-state index is 0.412. The Balaban J connectivity index is 2.82. The van der Waals surface area contributed by atoms with Crippen molar-refractivity contribution in [2.45, 2.75) is 4.21 Å². The summed E-state index contributed by atoms with van der Waals surface area (Å²) in [4.78, 5) is 0. The Morgan fingerprint density at radius 3 is 2.83 bits per heavy atom. The lowest BCUT2D eigenvalue weighted by Gasteiger charge is -2.10. The molecule has 0 radical (unpaired) electrons. The fraction of sp³-hybridized carbons (Fsp3) is 0.143. The van der Waals surface area contributed by atoms with E-state index in [0.29, 0.717) is 9.91 Å². The van der Waals surface area contributed by atoms with E-state index in [4.69, 9.17) is 0 Å². The van der Waals surface area contributed by atoms with Crippen molar-refractivity contribution in [3.63, 3.8) is 0 Å². The summed E-state index contributed by atoms with van der Waals surface area (Å²) in [5.41, 5.74) is 1.30. The Morgan fingerprint density at radius 2 is 2.25 bits per heavy atom. The predicted octanol–water partition coefficient (Wildman–Crippen LogP) is 1.35. The third-order valence-corrected chi connectivity index (χ3v) is 5.17. The summed E-state index contributed by atoms with van der Waals surface area (Å²) in [7, 11) is -1.72. The molecule has 1 aromatic rings. The van der Waals surface area contributed by atoms with Crippen molar-refractivity contribution in [1.82, 2.24) is 4.31 Å². The minimum Gasteiger partial charge on any atom is -0.269 e. The summed E-state index contributed by atoms with van der Waals surface area (Å²) in [6.45, 7) is 3.70. The first-order chi connectivity index (χ1) is 5.55. The standard InChI is InChI=1S/C7H7NO2S2/c1-5-6-3-4-11-7(6)12(9,10)8(5)2/h3-4H,1H2,2H3. The highest BCUT2D eigenvalue weighted by molar-refractivity contribution is 7.92. The van der Waals surface area contributed by atoms with E-state index in [1.165, 1.54) is 22.7 Å². The molecular formula is C7H7NO2S2. The Kier molecular flexibility index (Phi) is 1.38. The van der Waals surface area contributed by atoms with Gasteiger partial charge in [-0.2, -0.15) is 0 Å². The molecule has 2 heterocycles. The van der Waals surface area contributed by atoms with Gasteiger partial charge < -0.3 is 0 Å². The zero-order valence-electron chi connectivity index (χ0n) is 6.44. The van der Waals surface area contributed by atoms with E-state index < -0.39 is 10.0 Å². The monoisotopic (exact) mass is 201 g/mol. The van der Waals surface area contributed by atoms with Gasteiger partial charge in [0.25, 0.3) is 10.0 Å². The molecule has 0 N–H and O–H groups in total. The second kappa shape index (κ2) is 2.11. The van der Waals surface area contributed by atoms with Gasteiger partial charge in [-0.15, -0.1) is 11.3 Å². The maximum atomic E-state index is 11.5. The zero-order chi connectivity index (χ0) is 8.93. The normalized spacial score (nSPS) is 19.8. The first kappa shape index (κ1) is 7.82. The highest BCUT2D eigenvalue weighted by Crippen LogP contribution is 2.39. The molecule has 0 unspecified atom stereocenters. The number of fused-ring (bicyclic) bond motifs is 1. The van der Waals surface area contributed by atoms with E-state index in [1.807, 2.05) is 0 Å². The molecule has 2 rings (SSSR count). The minimum atomic E-state index is -3.24. The number of hydrogen-bond acceptors (Lipinski definition) is 3. The van der Waals surface area contributed by atoms with Crippen LogP contribution < -0.4 is 0 Å². The van der Waals surface area contributed by atoms with Crippen LogP contribution in [-0.4, -0.2) is 19.8 Å². The Bertz CT molecular complexity index is 444. The Hall–Kier alpha value is -0.810. The SMILES string of the molecule is C=C1c2ccsc2S(=O)(=O)N1C. The Morgan fingerprint density at radius 1 is 1.58 bits per heavy atom. The molecule has 0 fully saturated rings. The molecular weight excluding hydrogens is 194 g/mol. The van der Waals surface area contributed by atoms with Gasteiger partial charge in [-0.3, -0.25) is 4.31 Å². The van der Waals surface area contributed by atoms with Gasteiger partial charge >= 0.3 is 0 Å². The van der Waals surface area contributed by atoms with Crippen LogP contribution in [0.2, 0.25) is 0 Å². The van der Waals surface area contributed by atoms with E-state index in [1.54, 1.807) is 11.4 Å². The first-order valence-electron chi connectivity index (χ1n) is 3.31. The maximum absolute atomic E-state index is 11.5. The van der Waals surface area contributed by atoms with Gasteiger partial charge in [-0.1, -0.05) is 6.58 Å². The lowest BCUT2D eigenvalue weighted by Crippen LogP contribution is -2.17. The molecule has 0 spiro atoms. The average Bonchev–Trinajstić information content (AvgIpc) is 2.54. The lowest BCUT2D eigenvalue weighted by atomic mass is 10.3. The van der Waals surface area contributed by atoms with Gasteiger partial charge in [0.1, 0.15) is 4.21 Å². The molecule has 0 atom stereocenters. The van der Waals surface area contributed by atoms with E-state index in [9.17, 15) is 8.42 Å². The molecule has 64 valence electrons. The van der Waals surface area contributed by atoms with E-state index in [-0.39, 0.29) is 0 Å². The zero-order valence-corrected chi connectivity index (χ0v) is 8.08. The number of thiophene rings is 1. The van der Waals surface area contributed by atoms with E-state index in [0.717, 1.165) is 5.56 Å². The Labute approximate surface area is 75.0 Å². The third-order valence-electron chi connectivity index (χ3n) is 1.92. The number of rotatable bonds is 0. The quantitative estimate of drug-likeness (QED) is 0.635. The van der Waals surface area contributed by atoms with Crippen molar-refractivity contribution in [1.29, 1.82) is 0 Å². The smallest absolute Gasteiger partial charge is 0.269 e. The van der Waals surface area contributed by atoms with Gasteiger partial charge in [0.05, 0.1) is 5.70 Å². The van der Waals surface area contributed by atoms with Crippen LogP contribution in [0.25, 0.3) is 5.70 Å². The summed E-state index contributed by atoms with van der Waals surface area (Å²) in [5, 5.41) is 1.76. The van der Waals surface area contributed by atoms with Crippen LogP contribution in [0.15, 0.2) is 22.2 Å². The third kappa shape index (κ3) is 0.723. The molecule has 0 saturated carbocycles. The topological polar surface area (TPSA) is 37.4 Å². The van der Waals surface area contributed by atoms with Crippen molar-refractivity contribution < 1.29 is 8.42 Å². The molecule has 0 aliphatic carbocycles. The van der Waals surface area contributed by atoms with Crippen molar-refractivity contribution in [3.8, 4) is 0 Å². The van der Waals surface area contributed by atoms with Gasteiger partial charge in [-0.05, 0) is 11.4 Å². The van der Waals surface area contributed by atoms with Crippen LogP contribution >= 0.6 is 11.3 Å². The fourth-order valence-electron chi connectivity index (χ4n) is 1.15.